The zero-order valence-corrected chi connectivity index (χ0v) is 9.91. The number of aromatic nitrogens is 2. The topological polar surface area (TPSA) is 28.7 Å². The molecule has 1 heterocycles. The molecule has 3 rings (SSSR count). The van der Waals surface area contributed by atoms with Gasteiger partial charge in [-0.1, -0.05) is 41.9 Å². The van der Waals surface area contributed by atoms with Crippen molar-refractivity contribution >= 4 is 22.6 Å². The molecule has 0 amide bonds. The Kier molecular flexibility index (Phi) is 2.57. The molecule has 17 heavy (non-hydrogen) atoms. The molecule has 0 saturated heterocycles. The van der Waals surface area contributed by atoms with E-state index in [2.05, 4.69) is 9.97 Å². The fraction of sp³-hybridized carbons (Fsp3) is 0.0714. The summed E-state index contributed by atoms with van der Waals surface area (Å²) in [6.45, 7) is 0. The maximum Gasteiger partial charge on any atom is 0.111 e. The predicted molar refractivity (Wildman–Crippen MR) is 70.4 cm³/mol. The Morgan fingerprint density at radius 3 is 2.59 bits per heavy atom. The molecule has 84 valence electrons. The minimum atomic E-state index is 0.731. The van der Waals surface area contributed by atoms with Crippen LogP contribution in [0.25, 0.3) is 11.0 Å². The largest absolute Gasteiger partial charge is 0.342 e. The second-order valence-corrected chi connectivity index (χ2v) is 4.38. The molecule has 0 aliphatic heterocycles. The molecule has 2 aromatic carbocycles. The maximum atomic E-state index is 6.13. The molecule has 0 saturated carbocycles. The van der Waals surface area contributed by atoms with Gasteiger partial charge in [-0.3, -0.25) is 0 Å². The van der Waals surface area contributed by atoms with Crippen LogP contribution in [-0.2, 0) is 6.42 Å². The number of halogens is 1. The molecule has 0 spiro atoms. The second-order valence-electron chi connectivity index (χ2n) is 3.97. The lowest BCUT2D eigenvalue weighted by molar-refractivity contribution is 1.04. The first-order valence-corrected chi connectivity index (χ1v) is 5.88. The first kappa shape index (κ1) is 10.4. The van der Waals surface area contributed by atoms with Crippen molar-refractivity contribution in [3.05, 3.63) is 64.9 Å². The molecular weight excluding hydrogens is 232 g/mol. The zero-order chi connectivity index (χ0) is 11.7. The van der Waals surface area contributed by atoms with E-state index in [0.29, 0.717) is 0 Å². The van der Waals surface area contributed by atoms with Gasteiger partial charge in [0, 0.05) is 11.4 Å². The maximum absolute atomic E-state index is 6.13. The van der Waals surface area contributed by atoms with Crippen LogP contribution in [0.15, 0.2) is 48.5 Å². The fourth-order valence-electron chi connectivity index (χ4n) is 1.91. The van der Waals surface area contributed by atoms with Gasteiger partial charge in [-0.25, -0.2) is 4.98 Å². The quantitative estimate of drug-likeness (QED) is 0.727. The summed E-state index contributed by atoms with van der Waals surface area (Å²) < 4.78 is 0. The molecule has 0 bridgehead atoms. The molecule has 0 aliphatic carbocycles. The number of benzene rings is 2. The fourth-order valence-corrected chi connectivity index (χ4v) is 2.11. The van der Waals surface area contributed by atoms with Crippen LogP contribution in [-0.4, -0.2) is 9.97 Å². The number of nitrogens with zero attached hydrogens (tertiary/aromatic N) is 1. The third-order valence-corrected chi connectivity index (χ3v) is 3.12. The van der Waals surface area contributed by atoms with E-state index < -0.39 is 0 Å². The molecule has 2 nitrogen and oxygen atoms in total. The lowest BCUT2D eigenvalue weighted by atomic mass is 10.1. The highest BCUT2D eigenvalue weighted by atomic mass is 35.5. The monoisotopic (exact) mass is 242 g/mol. The van der Waals surface area contributed by atoms with Crippen molar-refractivity contribution in [2.24, 2.45) is 0 Å². The van der Waals surface area contributed by atoms with Gasteiger partial charge in [-0.2, -0.15) is 0 Å². The third kappa shape index (κ3) is 2.04. The standard InChI is InChI=1S/C14H11ClN2/c15-11-6-2-1-5-10(11)9-14-16-12-7-3-4-8-13(12)17-14/h1-8H,9H2,(H,16,17). The number of aromatic amines is 1. The van der Waals surface area contributed by atoms with E-state index >= 15 is 0 Å². The van der Waals surface area contributed by atoms with Crippen LogP contribution in [0.4, 0.5) is 0 Å². The Hall–Kier alpha value is -1.80. The number of rotatable bonds is 2. The minimum absolute atomic E-state index is 0.731. The number of para-hydroxylation sites is 2. The molecule has 0 atom stereocenters. The third-order valence-electron chi connectivity index (χ3n) is 2.75. The number of nitrogens with one attached hydrogen (secondary N) is 1. The molecule has 0 radical (unpaired) electrons. The Labute approximate surface area is 104 Å². The van der Waals surface area contributed by atoms with Crippen LogP contribution in [0, 0.1) is 0 Å². The Morgan fingerprint density at radius 1 is 1.00 bits per heavy atom. The van der Waals surface area contributed by atoms with Crippen LogP contribution in [0.3, 0.4) is 0 Å². The number of hydrogen-bond donors (Lipinski definition) is 1. The van der Waals surface area contributed by atoms with E-state index in [1.54, 1.807) is 0 Å². The van der Waals surface area contributed by atoms with E-state index in [1.165, 1.54) is 0 Å². The summed E-state index contributed by atoms with van der Waals surface area (Å²) in [5.74, 6) is 0.944. The van der Waals surface area contributed by atoms with Crippen molar-refractivity contribution in [3.63, 3.8) is 0 Å². The summed E-state index contributed by atoms with van der Waals surface area (Å²) in [4.78, 5) is 7.84. The molecule has 0 aliphatic rings. The highest BCUT2D eigenvalue weighted by Crippen LogP contribution is 2.19. The summed E-state index contributed by atoms with van der Waals surface area (Å²) in [5.41, 5.74) is 3.15. The van der Waals surface area contributed by atoms with Crippen LogP contribution in [0.5, 0.6) is 0 Å². The smallest absolute Gasteiger partial charge is 0.111 e. The number of hydrogen-bond acceptors (Lipinski definition) is 1. The molecule has 1 aromatic heterocycles. The molecule has 3 aromatic rings. The Balaban J connectivity index is 1.98. The van der Waals surface area contributed by atoms with Gasteiger partial charge in [0.25, 0.3) is 0 Å². The number of imidazole rings is 1. The van der Waals surface area contributed by atoms with Gasteiger partial charge in [0.1, 0.15) is 5.82 Å². The van der Waals surface area contributed by atoms with Gasteiger partial charge in [-0.15, -0.1) is 0 Å². The first-order chi connectivity index (χ1) is 8.33. The highest BCUT2D eigenvalue weighted by molar-refractivity contribution is 6.31. The predicted octanol–water partition coefficient (Wildman–Crippen LogP) is 3.81. The minimum Gasteiger partial charge on any atom is -0.342 e. The van der Waals surface area contributed by atoms with Gasteiger partial charge in [0.15, 0.2) is 0 Å². The Bertz CT molecular complexity index is 625. The normalized spacial score (nSPS) is 10.9. The van der Waals surface area contributed by atoms with E-state index in [0.717, 1.165) is 33.9 Å². The highest BCUT2D eigenvalue weighted by Gasteiger charge is 2.05. The van der Waals surface area contributed by atoms with Crippen molar-refractivity contribution < 1.29 is 0 Å². The van der Waals surface area contributed by atoms with E-state index in [4.69, 9.17) is 11.6 Å². The van der Waals surface area contributed by atoms with E-state index in [1.807, 2.05) is 48.5 Å². The van der Waals surface area contributed by atoms with Crippen molar-refractivity contribution in [3.8, 4) is 0 Å². The van der Waals surface area contributed by atoms with E-state index in [-0.39, 0.29) is 0 Å². The molecule has 0 fully saturated rings. The van der Waals surface area contributed by atoms with Crippen LogP contribution in [0.1, 0.15) is 11.4 Å². The number of H-pyrrole nitrogens is 1. The van der Waals surface area contributed by atoms with Gasteiger partial charge in [0.05, 0.1) is 11.0 Å². The van der Waals surface area contributed by atoms with Crippen molar-refractivity contribution in [1.82, 2.24) is 9.97 Å². The van der Waals surface area contributed by atoms with Crippen molar-refractivity contribution in [2.45, 2.75) is 6.42 Å². The molecule has 0 unspecified atom stereocenters. The summed E-state index contributed by atoms with van der Waals surface area (Å²) in [7, 11) is 0. The summed E-state index contributed by atoms with van der Waals surface area (Å²) in [6.07, 6.45) is 0.731. The Morgan fingerprint density at radius 2 is 1.76 bits per heavy atom. The molecule has 1 N–H and O–H groups in total. The lowest BCUT2D eigenvalue weighted by Gasteiger charge is -2.00. The molecule has 3 heteroatoms. The summed E-state index contributed by atoms with van der Waals surface area (Å²) in [5, 5.41) is 0.785. The van der Waals surface area contributed by atoms with Gasteiger partial charge in [0.2, 0.25) is 0 Å². The molecular formula is C14H11ClN2. The van der Waals surface area contributed by atoms with Gasteiger partial charge in [-0.05, 0) is 23.8 Å². The van der Waals surface area contributed by atoms with E-state index in [9.17, 15) is 0 Å². The van der Waals surface area contributed by atoms with Crippen molar-refractivity contribution in [1.29, 1.82) is 0 Å². The second kappa shape index (κ2) is 4.22. The average Bonchev–Trinajstić information content (AvgIpc) is 2.74. The SMILES string of the molecule is Clc1ccccc1Cc1nc2ccccc2[nH]1. The van der Waals surface area contributed by atoms with Crippen LogP contribution >= 0.6 is 11.6 Å². The van der Waals surface area contributed by atoms with Gasteiger partial charge >= 0.3 is 0 Å². The summed E-state index contributed by atoms with van der Waals surface area (Å²) >= 11 is 6.13. The van der Waals surface area contributed by atoms with Crippen LogP contribution < -0.4 is 0 Å². The van der Waals surface area contributed by atoms with Crippen molar-refractivity contribution in [2.75, 3.05) is 0 Å². The summed E-state index contributed by atoms with van der Waals surface area (Å²) in [6, 6.07) is 15.9. The zero-order valence-electron chi connectivity index (χ0n) is 9.15. The number of fused-ring (bicyclic) bond motifs is 1. The van der Waals surface area contributed by atoms with Gasteiger partial charge < -0.3 is 4.98 Å². The van der Waals surface area contributed by atoms with Crippen LogP contribution in [0.2, 0.25) is 5.02 Å². The first-order valence-electron chi connectivity index (χ1n) is 5.50. The average molecular weight is 243 g/mol. The lowest BCUT2D eigenvalue weighted by Crippen LogP contribution is -1.91.